The molecule has 0 aliphatic carbocycles. The third kappa shape index (κ3) is 6.41. The second-order valence-corrected chi connectivity index (χ2v) is 4.98. The summed E-state index contributed by atoms with van der Waals surface area (Å²) in [4.78, 5) is 15.7. The van der Waals surface area contributed by atoms with Gasteiger partial charge in [0.25, 0.3) is 0 Å². The quantitative estimate of drug-likeness (QED) is 0.606. The van der Waals surface area contributed by atoms with Gasteiger partial charge >= 0.3 is 0 Å². The highest BCUT2D eigenvalue weighted by atomic mass is 16.1. The highest BCUT2D eigenvalue weighted by Crippen LogP contribution is 2.15. The van der Waals surface area contributed by atoms with Crippen molar-refractivity contribution in [2.24, 2.45) is 0 Å². The Bertz CT molecular complexity index is 420. The summed E-state index contributed by atoms with van der Waals surface area (Å²) >= 11 is 0. The number of nitrogens with one attached hydrogen (secondary N) is 2. The lowest BCUT2D eigenvalue weighted by Gasteiger charge is -2.09. The second-order valence-electron chi connectivity index (χ2n) is 4.98. The molecule has 1 aromatic rings. The van der Waals surface area contributed by atoms with E-state index in [9.17, 15) is 4.79 Å². The van der Waals surface area contributed by atoms with Gasteiger partial charge in [-0.05, 0) is 38.3 Å². The van der Waals surface area contributed by atoms with Crippen LogP contribution in [0.5, 0.6) is 0 Å². The second kappa shape index (κ2) is 9.18. The molecule has 5 nitrogen and oxygen atoms in total. The van der Waals surface area contributed by atoms with Crippen molar-refractivity contribution in [2.45, 2.75) is 46.0 Å². The van der Waals surface area contributed by atoms with Crippen LogP contribution in [0.15, 0.2) is 12.1 Å². The molecule has 0 aromatic carbocycles. The van der Waals surface area contributed by atoms with Crippen LogP contribution in [0.1, 0.15) is 44.7 Å². The van der Waals surface area contributed by atoms with Crippen LogP contribution in [-0.2, 0) is 4.79 Å². The normalized spacial score (nSPS) is 10.3. The molecule has 0 aliphatic heterocycles. The van der Waals surface area contributed by atoms with E-state index in [1.54, 1.807) is 0 Å². The van der Waals surface area contributed by atoms with Crippen LogP contribution < -0.4 is 16.4 Å². The molecule has 1 aromatic heterocycles. The van der Waals surface area contributed by atoms with Crippen LogP contribution in [-0.4, -0.2) is 24.0 Å². The van der Waals surface area contributed by atoms with E-state index in [0.717, 1.165) is 50.3 Å². The number of nitrogens with two attached hydrogens (primary N) is 1. The molecule has 0 fully saturated rings. The minimum Gasteiger partial charge on any atom is -0.396 e. The molecular weight excluding hydrogens is 252 g/mol. The number of anilines is 2. The molecule has 0 saturated carbocycles. The first kappa shape index (κ1) is 16.3. The van der Waals surface area contributed by atoms with Crippen LogP contribution in [0.2, 0.25) is 0 Å². The zero-order valence-electron chi connectivity index (χ0n) is 12.5. The molecule has 5 heteroatoms. The summed E-state index contributed by atoms with van der Waals surface area (Å²) in [6, 6.07) is 3.75. The third-order valence-corrected chi connectivity index (χ3v) is 3.04. The van der Waals surface area contributed by atoms with Crippen LogP contribution in [0.3, 0.4) is 0 Å². The predicted molar refractivity (Wildman–Crippen MR) is 83.6 cm³/mol. The Morgan fingerprint density at radius 2 is 2.00 bits per heavy atom. The molecule has 0 bridgehead atoms. The van der Waals surface area contributed by atoms with E-state index in [-0.39, 0.29) is 5.91 Å². The van der Waals surface area contributed by atoms with Gasteiger partial charge in [0, 0.05) is 25.2 Å². The number of nitrogen functional groups attached to an aromatic ring is 1. The molecule has 112 valence electrons. The highest BCUT2D eigenvalue weighted by Gasteiger charge is 2.01. The van der Waals surface area contributed by atoms with Crippen molar-refractivity contribution in [3.8, 4) is 0 Å². The zero-order valence-corrected chi connectivity index (χ0v) is 12.5. The summed E-state index contributed by atoms with van der Waals surface area (Å²) in [5, 5.41) is 6.16. The van der Waals surface area contributed by atoms with Crippen molar-refractivity contribution < 1.29 is 4.79 Å². The van der Waals surface area contributed by atoms with E-state index in [1.165, 1.54) is 0 Å². The number of nitrogens with zero attached hydrogens (tertiary/aromatic N) is 1. The molecule has 0 atom stereocenters. The summed E-state index contributed by atoms with van der Waals surface area (Å²) in [6.45, 7) is 5.58. The SMILES string of the molecule is CCCCC(=O)NCCCCNc1nc(C)ccc1N. The summed E-state index contributed by atoms with van der Waals surface area (Å²) < 4.78 is 0. The van der Waals surface area contributed by atoms with Gasteiger partial charge in [0.15, 0.2) is 0 Å². The lowest BCUT2D eigenvalue weighted by Crippen LogP contribution is -2.24. The molecule has 0 aliphatic rings. The number of aryl methyl sites for hydroxylation is 1. The maximum Gasteiger partial charge on any atom is 0.219 e. The molecule has 4 N–H and O–H groups in total. The van der Waals surface area contributed by atoms with Gasteiger partial charge in [0.05, 0.1) is 5.69 Å². The van der Waals surface area contributed by atoms with Crippen molar-refractivity contribution in [2.75, 3.05) is 24.1 Å². The van der Waals surface area contributed by atoms with E-state index < -0.39 is 0 Å². The average Bonchev–Trinajstić information content (AvgIpc) is 2.43. The van der Waals surface area contributed by atoms with E-state index in [0.29, 0.717) is 12.1 Å². The molecule has 1 rings (SSSR count). The number of carbonyl (C=O) groups is 1. The molecule has 20 heavy (non-hydrogen) atoms. The number of carbonyl (C=O) groups excluding carboxylic acids is 1. The fourth-order valence-corrected chi connectivity index (χ4v) is 1.82. The Labute approximate surface area is 121 Å². The molecular formula is C15H26N4O. The van der Waals surface area contributed by atoms with Gasteiger partial charge in [-0.15, -0.1) is 0 Å². The first-order chi connectivity index (χ1) is 9.63. The fourth-order valence-electron chi connectivity index (χ4n) is 1.82. The Morgan fingerprint density at radius 3 is 2.75 bits per heavy atom. The van der Waals surface area contributed by atoms with Crippen molar-refractivity contribution >= 4 is 17.4 Å². The maximum atomic E-state index is 11.4. The molecule has 1 amide bonds. The molecule has 0 saturated heterocycles. The van der Waals surface area contributed by atoms with Crippen molar-refractivity contribution in [3.05, 3.63) is 17.8 Å². The van der Waals surface area contributed by atoms with E-state index >= 15 is 0 Å². The largest absolute Gasteiger partial charge is 0.396 e. The number of hydrogen-bond acceptors (Lipinski definition) is 4. The molecule has 0 unspecified atom stereocenters. The first-order valence-corrected chi connectivity index (χ1v) is 7.37. The molecule has 0 spiro atoms. The summed E-state index contributed by atoms with van der Waals surface area (Å²) in [5.74, 6) is 0.904. The van der Waals surface area contributed by atoms with Gasteiger partial charge in [-0.3, -0.25) is 4.79 Å². The topological polar surface area (TPSA) is 80.0 Å². The van der Waals surface area contributed by atoms with Crippen LogP contribution >= 0.6 is 0 Å². The van der Waals surface area contributed by atoms with Crippen LogP contribution in [0.4, 0.5) is 11.5 Å². The monoisotopic (exact) mass is 278 g/mol. The minimum atomic E-state index is 0.157. The van der Waals surface area contributed by atoms with Crippen molar-refractivity contribution in [1.82, 2.24) is 10.3 Å². The number of unbranched alkanes of at least 4 members (excludes halogenated alkanes) is 2. The van der Waals surface area contributed by atoms with Gasteiger partial charge in [-0.25, -0.2) is 4.98 Å². The maximum absolute atomic E-state index is 11.4. The number of rotatable bonds is 9. The molecule has 0 radical (unpaired) electrons. The zero-order chi connectivity index (χ0) is 14.8. The number of pyridine rings is 1. The molecule has 1 heterocycles. The average molecular weight is 278 g/mol. The van der Waals surface area contributed by atoms with Gasteiger partial charge in [-0.2, -0.15) is 0 Å². The van der Waals surface area contributed by atoms with Crippen LogP contribution in [0, 0.1) is 6.92 Å². The lowest BCUT2D eigenvalue weighted by atomic mass is 10.2. The van der Waals surface area contributed by atoms with E-state index in [2.05, 4.69) is 22.5 Å². The predicted octanol–water partition coefficient (Wildman–Crippen LogP) is 2.47. The Morgan fingerprint density at radius 1 is 1.25 bits per heavy atom. The lowest BCUT2D eigenvalue weighted by molar-refractivity contribution is -0.121. The van der Waals surface area contributed by atoms with Gasteiger partial charge in [0.1, 0.15) is 5.82 Å². The summed E-state index contributed by atoms with van der Waals surface area (Å²) in [5.41, 5.74) is 7.45. The number of hydrogen-bond donors (Lipinski definition) is 3. The summed E-state index contributed by atoms with van der Waals surface area (Å²) in [7, 11) is 0. The van der Waals surface area contributed by atoms with E-state index in [1.807, 2.05) is 19.1 Å². The smallest absolute Gasteiger partial charge is 0.219 e. The highest BCUT2D eigenvalue weighted by molar-refractivity contribution is 5.75. The Kier molecular flexibility index (Phi) is 7.47. The van der Waals surface area contributed by atoms with Gasteiger partial charge in [0.2, 0.25) is 5.91 Å². The fraction of sp³-hybridized carbons (Fsp3) is 0.600. The minimum absolute atomic E-state index is 0.157. The van der Waals surface area contributed by atoms with Crippen molar-refractivity contribution in [1.29, 1.82) is 0 Å². The number of aromatic nitrogens is 1. The van der Waals surface area contributed by atoms with Crippen LogP contribution in [0.25, 0.3) is 0 Å². The first-order valence-electron chi connectivity index (χ1n) is 7.37. The standard InChI is InChI=1S/C15H26N4O/c1-3-4-7-14(20)17-10-5-6-11-18-15-13(16)9-8-12(2)19-15/h8-9H,3-7,10-11,16H2,1-2H3,(H,17,20)(H,18,19). The Hall–Kier alpha value is -1.78. The Balaban J connectivity index is 2.10. The summed E-state index contributed by atoms with van der Waals surface area (Å²) in [6.07, 6.45) is 4.59. The number of amides is 1. The van der Waals surface area contributed by atoms with E-state index in [4.69, 9.17) is 5.73 Å². The van der Waals surface area contributed by atoms with Gasteiger partial charge in [-0.1, -0.05) is 13.3 Å². The van der Waals surface area contributed by atoms with Gasteiger partial charge < -0.3 is 16.4 Å². The van der Waals surface area contributed by atoms with Crippen molar-refractivity contribution in [3.63, 3.8) is 0 Å². The third-order valence-electron chi connectivity index (χ3n) is 3.04.